The van der Waals surface area contributed by atoms with E-state index < -0.39 is 0 Å². The van der Waals surface area contributed by atoms with Gasteiger partial charge in [0.25, 0.3) is 0 Å². The summed E-state index contributed by atoms with van der Waals surface area (Å²) in [6.07, 6.45) is 4.86. The molecule has 0 aromatic carbocycles. The zero-order valence-corrected chi connectivity index (χ0v) is 7.38. The maximum absolute atomic E-state index is 4.09. The van der Waals surface area contributed by atoms with Crippen LogP contribution in [0.1, 0.15) is 11.3 Å². The topological polar surface area (TPSA) is 70.6 Å². The van der Waals surface area contributed by atoms with E-state index in [1.165, 1.54) is 18.2 Å². The Balaban J connectivity index is 1.89. The maximum Gasteiger partial charge on any atom is 0.228 e. The van der Waals surface area contributed by atoms with Crippen LogP contribution in [0.2, 0.25) is 0 Å². The van der Waals surface area contributed by atoms with Crippen LogP contribution in [0.25, 0.3) is 0 Å². The molecule has 0 radical (unpaired) electrons. The molecule has 0 spiro atoms. The molecule has 0 saturated carbocycles. The zero-order chi connectivity index (χ0) is 9.38. The molecule has 1 aliphatic heterocycles. The molecule has 3 heterocycles. The molecule has 6 heteroatoms. The second kappa shape index (κ2) is 2.76. The Labute approximate surface area is 80.0 Å². The molecule has 0 unspecified atom stereocenters. The lowest BCUT2D eigenvalue weighted by Crippen LogP contribution is -2.18. The number of hydrogen-bond acceptors (Lipinski definition) is 5. The van der Waals surface area contributed by atoms with E-state index in [9.17, 15) is 0 Å². The van der Waals surface area contributed by atoms with Crippen LogP contribution in [-0.2, 0) is 13.1 Å². The lowest BCUT2D eigenvalue weighted by atomic mass is 10.3. The standard InChI is InChI=1S/C8H8N6/c1-6-2-14(3-7(6)13-12-1)8-10-4-9-5-11-8/h1,4-5H,2-3H2,(H,12,13). The molecule has 0 bridgehead atoms. The van der Waals surface area contributed by atoms with Gasteiger partial charge in [0.05, 0.1) is 18.4 Å². The van der Waals surface area contributed by atoms with Gasteiger partial charge >= 0.3 is 0 Å². The van der Waals surface area contributed by atoms with Gasteiger partial charge in [0.1, 0.15) is 12.7 Å². The Bertz CT molecular complexity index is 416. The van der Waals surface area contributed by atoms with E-state index in [1.807, 2.05) is 6.20 Å². The molecule has 0 amide bonds. The first-order chi connectivity index (χ1) is 6.93. The number of anilines is 1. The summed E-state index contributed by atoms with van der Waals surface area (Å²) in [7, 11) is 0. The summed E-state index contributed by atoms with van der Waals surface area (Å²) in [4.78, 5) is 14.0. The molecular weight excluding hydrogens is 180 g/mol. The van der Waals surface area contributed by atoms with Crippen molar-refractivity contribution in [3.05, 3.63) is 30.1 Å². The Morgan fingerprint density at radius 3 is 2.86 bits per heavy atom. The number of nitrogens with one attached hydrogen (secondary N) is 1. The number of hydrogen-bond donors (Lipinski definition) is 1. The third-order valence-corrected chi connectivity index (χ3v) is 2.28. The van der Waals surface area contributed by atoms with Crippen molar-refractivity contribution < 1.29 is 0 Å². The third kappa shape index (κ3) is 1.04. The quantitative estimate of drug-likeness (QED) is 0.688. The summed E-state index contributed by atoms with van der Waals surface area (Å²) >= 11 is 0. The fourth-order valence-corrected chi connectivity index (χ4v) is 1.60. The molecule has 0 aliphatic carbocycles. The minimum absolute atomic E-state index is 0.713. The zero-order valence-electron chi connectivity index (χ0n) is 7.38. The van der Waals surface area contributed by atoms with Gasteiger partial charge in [0.15, 0.2) is 0 Å². The van der Waals surface area contributed by atoms with Crippen molar-refractivity contribution in [1.29, 1.82) is 0 Å². The van der Waals surface area contributed by atoms with Crippen LogP contribution in [0, 0.1) is 0 Å². The summed E-state index contributed by atoms with van der Waals surface area (Å²) < 4.78 is 0. The number of nitrogens with zero attached hydrogens (tertiary/aromatic N) is 5. The number of H-pyrrole nitrogens is 1. The molecule has 70 valence electrons. The predicted molar refractivity (Wildman–Crippen MR) is 48.3 cm³/mol. The van der Waals surface area contributed by atoms with E-state index in [0.717, 1.165) is 18.8 Å². The Hall–Kier alpha value is -1.98. The van der Waals surface area contributed by atoms with Crippen LogP contribution in [0.15, 0.2) is 18.9 Å². The predicted octanol–water partition coefficient (Wildman–Crippen LogP) is 0.115. The molecule has 0 saturated heterocycles. The highest BCUT2D eigenvalue weighted by molar-refractivity contribution is 5.38. The van der Waals surface area contributed by atoms with E-state index in [2.05, 4.69) is 30.0 Å². The summed E-state index contributed by atoms with van der Waals surface area (Å²) in [5.41, 5.74) is 2.36. The van der Waals surface area contributed by atoms with Crippen molar-refractivity contribution in [2.24, 2.45) is 0 Å². The molecule has 1 aliphatic rings. The summed E-state index contributed by atoms with van der Waals surface area (Å²) in [5.74, 6) is 0.713. The summed E-state index contributed by atoms with van der Waals surface area (Å²) in [6, 6.07) is 0. The summed E-state index contributed by atoms with van der Waals surface area (Å²) in [5, 5.41) is 6.92. The minimum atomic E-state index is 0.713. The smallest absolute Gasteiger partial charge is 0.228 e. The van der Waals surface area contributed by atoms with Gasteiger partial charge in [0, 0.05) is 12.1 Å². The second-order valence-corrected chi connectivity index (χ2v) is 3.17. The Morgan fingerprint density at radius 2 is 2.07 bits per heavy atom. The van der Waals surface area contributed by atoms with Crippen molar-refractivity contribution in [2.45, 2.75) is 13.1 Å². The van der Waals surface area contributed by atoms with Crippen LogP contribution >= 0.6 is 0 Å². The molecule has 3 rings (SSSR count). The van der Waals surface area contributed by atoms with Gasteiger partial charge in [-0.25, -0.2) is 15.0 Å². The molecular formula is C8H8N6. The molecule has 2 aromatic heterocycles. The van der Waals surface area contributed by atoms with Crippen LogP contribution in [0.4, 0.5) is 5.95 Å². The van der Waals surface area contributed by atoms with Crippen molar-refractivity contribution in [3.8, 4) is 0 Å². The minimum Gasteiger partial charge on any atom is -0.330 e. The third-order valence-electron chi connectivity index (χ3n) is 2.28. The average Bonchev–Trinajstić information content (AvgIpc) is 2.78. The first-order valence-corrected chi connectivity index (χ1v) is 4.31. The van der Waals surface area contributed by atoms with Gasteiger partial charge in [0.2, 0.25) is 5.95 Å². The molecule has 0 atom stereocenters. The Morgan fingerprint density at radius 1 is 1.21 bits per heavy atom. The van der Waals surface area contributed by atoms with Crippen LogP contribution in [0.3, 0.4) is 0 Å². The molecule has 0 fully saturated rings. The van der Waals surface area contributed by atoms with Gasteiger partial charge in [-0.15, -0.1) is 0 Å². The van der Waals surface area contributed by atoms with Gasteiger partial charge < -0.3 is 4.90 Å². The van der Waals surface area contributed by atoms with Gasteiger partial charge in [-0.1, -0.05) is 0 Å². The number of rotatable bonds is 1. The van der Waals surface area contributed by atoms with Gasteiger partial charge in [-0.3, -0.25) is 5.10 Å². The number of aromatic amines is 1. The van der Waals surface area contributed by atoms with Gasteiger partial charge in [-0.2, -0.15) is 5.10 Å². The number of aromatic nitrogens is 5. The fraction of sp³-hybridized carbons (Fsp3) is 0.250. The van der Waals surface area contributed by atoms with E-state index in [1.54, 1.807) is 0 Å². The molecule has 6 nitrogen and oxygen atoms in total. The number of fused-ring (bicyclic) bond motifs is 1. The van der Waals surface area contributed by atoms with Crippen LogP contribution < -0.4 is 4.90 Å². The van der Waals surface area contributed by atoms with Crippen molar-refractivity contribution >= 4 is 5.95 Å². The fourth-order valence-electron chi connectivity index (χ4n) is 1.60. The maximum atomic E-state index is 4.09. The van der Waals surface area contributed by atoms with Crippen molar-refractivity contribution in [1.82, 2.24) is 25.1 Å². The van der Waals surface area contributed by atoms with Crippen LogP contribution in [0.5, 0.6) is 0 Å². The Kier molecular flexibility index (Phi) is 1.46. The second-order valence-electron chi connectivity index (χ2n) is 3.17. The molecule has 1 N–H and O–H groups in total. The first-order valence-electron chi connectivity index (χ1n) is 4.31. The lowest BCUT2D eigenvalue weighted by Gasteiger charge is -2.13. The highest BCUT2D eigenvalue weighted by atomic mass is 15.3. The normalized spacial score (nSPS) is 14.4. The highest BCUT2D eigenvalue weighted by Crippen LogP contribution is 2.22. The largest absolute Gasteiger partial charge is 0.330 e. The summed E-state index contributed by atoms with van der Waals surface area (Å²) in [6.45, 7) is 1.61. The van der Waals surface area contributed by atoms with E-state index in [-0.39, 0.29) is 0 Å². The highest BCUT2D eigenvalue weighted by Gasteiger charge is 2.22. The lowest BCUT2D eigenvalue weighted by molar-refractivity contribution is 0.794. The van der Waals surface area contributed by atoms with Gasteiger partial charge in [-0.05, 0) is 0 Å². The van der Waals surface area contributed by atoms with Crippen molar-refractivity contribution in [2.75, 3.05) is 4.90 Å². The van der Waals surface area contributed by atoms with E-state index in [4.69, 9.17) is 0 Å². The molecule has 2 aromatic rings. The SMILES string of the molecule is c1ncnc(N2Cc3cn[nH]c3C2)n1. The molecule has 14 heavy (non-hydrogen) atoms. The average molecular weight is 188 g/mol. The first kappa shape index (κ1) is 7.43. The van der Waals surface area contributed by atoms with Crippen molar-refractivity contribution in [3.63, 3.8) is 0 Å². The van der Waals surface area contributed by atoms with E-state index >= 15 is 0 Å². The monoisotopic (exact) mass is 188 g/mol. The van der Waals surface area contributed by atoms with Crippen LogP contribution in [-0.4, -0.2) is 25.1 Å². The van der Waals surface area contributed by atoms with E-state index in [0.29, 0.717) is 5.95 Å².